The first-order valence-corrected chi connectivity index (χ1v) is 31.6. The van der Waals surface area contributed by atoms with Gasteiger partial charge in [0.25, 0.3) is 0 Å². The van der Waals surface area contributed by atoms with E-state index in [1.807, 2.05) is 0 Å². The van der Waals surface area contributed by atoms with Crippen molar-refractivity contribution in [1.82, 2.24) is 0 Å². The molecule has 0 aromatic rings. The quantitative estimate of drug-likeness (QED) is 0.0814. The molecule has 0 aromatic heterocycles. The summed E-state index contributed by atoms with van der Waals surface area (Å²) < 4.78 is 103. The molecule has 0 unspecified atom stereocenters. The highest BCUT2D eigenvalue weighted by Gasteiger charge is 2.61. The molecular weight excluding hydrogens is 1370 g/mol. The third-order valence-electron chi connectivity index (χ3n) is 19.0. The SMILES string of the molecule is OC[C@H]1O[C@@H](O[C@H]2[C@H](O)[C@@H](O)[C@H](OC[C@H]3O[C@@H]4O[C@H]5[C@H](O)[C@H](O)[C@@H](O[C@H]6[C@H](O)[C@H](O)[C@@H](O[C@H]7[C@H](O)[C@@H](O)[C@@H](O[C@H]8[C@H](O)[C@@H](O)[C@@H](O[C@H]9[C@H](O)[C@@H](O)[C@@H](O[C@H]%10[C@H](O)[C@@H](O)[C@@H](O[C@H]3[C@H](O)[C@H]4O)O[C@@H]%10CO)O[C@@H]9CO)O[C@@H]8CO)O[C@@H]7CO)O[C@@H]6CO)O[C@@H]5CO)O[C@@H]2CO)[C@H](O)[C@@H](O)[C@H]1O. The lowest BCUT2D eigenvalue weighted by Crippen LogP contribution is -2.68. The Morgan fingerprint density at radius 2 is 0.404 bits per heavy atom. The Labute approximate surface area is 558 Å². The van der Waals surface area contributed by atoms with Gasteiger partial charge in [-0.15, -0.1) is 0 Å². The zero-order valence-electron chi connectivity index (χ0n) is 51.8. The minimum Gasteiger partial charge on any atom is -0.394 e. The van der Waals surface area contributed by atoms with Crippen LogP contribution in [0.5, 0.6) is 0 Å². The average Bonchev–Trinajstić information content (AvgIpc) is 0.754. The van der Waals surface area contributed by atoms with Crippen LogP contribution < -0.4 is 0 Å². The van der Waals surface area contributed by atoms with Crippen LogP contribution in [0.1, 0.15) is 0 Å². The topological polar surface area (TPSA) is 712 Å². The van der Waals surface area contributed by atoms with Gasteiger partial charge in [-0.2, -0.15) is 0 Å². The van der Waals surface area contributed by atoms with Gasteiger partial charge in [0.1, 0.15) is 220 Å². The third kappa shape index (κ3) is 16.0. The number of aliphatic hydroxyl groups excluding tert-OH is 27. The number of hydrogen-bond donors (Lipinski definition) is 27. The summed E-state index contributed by atoms with van der Waals surface area (Å²) in [6.07, 6.45) is -94.3. The van der Waals surface area contributed by atoms with E-state index < -0.39 is 336 Å². The molecule has 23 heterocycles. The molecule has 23 saturated heterocycles. The Morgan fingerprint density at radius 3 is 0.657 bits per heavy atom. The van der Waals surface area contributed by atoms with Crippen molar-refractivity contribution in [2.75, 3.05) is 59.5 Å². The van der Waals surface area contributed by atoms with Crippen LogP contribution in [0.15, 0.2) is 0 Å². The van der Waals surface area contributed by atoms with Crippen molar-refractivity contribution in [1.29, 1.82) is 0 Å². The minimum atomic E-state index is -2.43. The van der Waals surface area contributed by atoms with Crippen molar-refractivity contribution in [2.45, 2.75) is 276 Å². The summed E-state index contributed by atoms with van der Waals surface area (Å²) in [6.45, 7) is -9.86. The van der Waals surface area contributed by atoms with Crippen LogP contribution in [-0.2, 0) is 85.3 Å². The van der Waals surface area contributed by atoms with Crippen molar-refractivity contribution in [3.63, 3.8) is 0 Å². The van der Waals surface area contributed by atoms with Crippen LogP contribution in [0.25, 0.3) is 0 Å². The summed E-state index contributed by atoms with van der Waals surface area (Å²) in [7, 11) is 0. The molecule has 14 bridgehead atoms. The second-order valence-electron chi connectivity index (χ2n) is 25.3. The molecule has 0 spiro atoms. The van der Waals surface area contributed by atoms with Crippen LogP contribution >= 0.6 is 0 Å². The highest BCUT2D eigenvalue weighted by Crippen LogP contribution is 2.40. The van der Waals surface area contributed by atoms with Crippen molar-refractivity contribution < 1.29 is 223 Å². The van der Waals surface area contributed by atoms with Gasteiger partial charge in [0, 0.05) is 0 Å². The highest BCUT2D eigenvalue weighted by molar-refractivity contribution is 5.03. The predicted molar refractivity (Wildman–Crippen MR) is 294 cm³/mol. The zero-order valence-corrected chi connectivity index (χ0v) is 51.8. The summed E-state index contributed by atoms with van der Waals surface area (Å²) in [5.74, 6) is 0. The molecule has 23 aliphatic heterocycles. The van der Waals surface area contributed by atoms with Crippen molar-refractivity contribution in [2.24, 2.45) is 0 Å². The fourth-order valence-electron chi connectivity index (χ4n) is 13.3. The Morgan fingerprint density at radius 1 is 0.182 bits per heavy atom. The van der Waals surface area contributed by atoms with E-state index in [2.05, 4.69) is 0 Å². The number of rotatable bonds is 13. The molecule has 0 amide bonds. The van der Waals surface area contributed by atoms with E-state index >= 15 is 0 Å². The van der Waals surface area contributed by atoms with Gasteiger partial charge in [0.2, 0.25) is 0 Å². The van der Waals surface area contributed by atoms with E-state index in [9.17, 15) is 138 Å². The Hall–Kier alpha value is -1.80. The van der Waals surface area contributed by atoms with Gasteiger partial charge >= 0.3 is 0 Å². The lowest BCUT2D eigenvalue weighted by atomic mass is 9.95. The second kappa shape index (κ2) is 34.0. The van der Waals surface area contributed by atoms with E-state index in [1.165, 1.54) is 0 Å². The molecule has 23 rings (SSSR count). The Balaban J connectivity index is 0.938. The maximum Gasteiger partial charge on any atom is 0.187 e. The number of aliphatic hydroxyl groups is 27. The van der Waals surface area contributed by atoms with E-state index in [0.29, 0.717) is 0 Å². The molecule has 23 fully saturated rings. The standard InChI is InChI=1S/C54H90O45/c55-1-10-19(63)20(64)29(73)47(83-10)92-38-11(2-56)84-46(30(74)21(38)65)82-9-18-45-28(72)37(81)54(91-18)98-44-17(8-62)89-52(35(79)26(44)70)96-42-15(6-60)87-50(33(77)24(42)68)94-40-13(4-58)85-48(31(75)22(40)66)93-39-12(3-57)86-49(32(76)23(39)67)95-41-14(5-59)88-51(34(78)25(41)69)97-43-16(7-61)90-53(99-45)36(80)27(43)71/h10-81H,1-9H2/t10-,11-,12-,13-,14-,15-,16-,17-,18-,19+,20+,21-,22-,23-,24-,25-,26-,27-,28-,29-,30-,31-,32-,33+,34-,35+,36-,37-,38-,39-,40-,41-,42-,43-,44-,45-,46-,47+,48-,49-,50-,51-,52-,53-,54-/m1/s1. The van der Waals surface area contributed by atoms with Gasteiger partial charge in [-0.25, -0.2) is 0 Å². The minimum absolute atomic E-state index is 0.906. The summed E-state index contributed by atoms with van der Waals surface area (Å²) >= 11 is 0. The third-order valence-corrected chi connectivity index (χ3v) is 19.0. The van der Waals surface area contributed by atoms with Gasteiger partial charge in [-0.3, -0.25) is 0 Å². The summed E-state index contributed by atoms with van der Waals surface area (Å²) in [5, 5.41) is 299. The van der Waals surface area contributed by atoms with E-state index in [4.69, 9.17) is 85.3 Å². The first-order valence-electron chi connectivity index (χ1n) is 31.6. The van der Waals surface area contributed by atoms with Crippen molar-refractivity contribution in [3.05, 3.63) is 0 Å². The van der Waals surface area contributed by atoms with Crippen LogP contribution in [0.3, 0.4) is 0 Å². The van der Waals surface area contributed by atoms with Gasteiger partial charge in [-0.05, 0) is 0 Å². The highest BCUT2D eigenvalue weighted by atomic mass is 16.8. The van der Waals surface area contributed by atoms with Gasteiger partial charge in [0.05, 0.1) is 59.5 Å². The van der Waals surface area contributed by atoms with Gasteiger partial charge in [-0.1, -0.05) is 0 Å². The Bertz CT molecular complexity index is 2450. The van der Waals surface area contributed by atoms with E-state index in [-0.39, 0.29) is 0 Å². The largest absolute Gasteiger partial charge is 0.394 e. The summed E-state index contributed by atoms with van der Waals surface area (Å²) in [5.41, 5.74) is 0. The van der Waals surface area contributed by atoms with Crippen LogP contribution in [0, 0.1) is 0 Å². The molecule has 45 nitrogen and oxygen atoms in total. The lowest BCUT2D eigenvalue weighted by molar-refractivity contribution is -0.399. The first-order chi connectivity index (χ1) is 47.1. The van der Waals surface area contributed by atoms with E-state index in [0.717, 1.165) is 0 Å². The maximum atomic E-state index is 12.0. The number of ether oxygens (including phenoxy) is 18. The number of hydrogen-bond acceptors (Lipinski definition) is 45. The lowest BCUT2D eigenvalue weighted by Gasteiger charge is -2.50. The zero-order chi connectivity index (χ0) is 72.1. The van der Waals surface area contributed by atoms with Gasteiger partial charge < -0.3 is 223 Å². The molecule has 45 atom stereocenters. The predicted octanol–water partition coefficient (Wildman–Crippen LogP) is -19.6. The maximum absolute atomic E-state index is 12.0. The fraction of sp³-hybridized carbons (Fsp3) is 1.00. The van der Waals surface area contributed by atoms with Crippen LogP contribution in [-0.4, -0.2) is 474 Å². The molecule has 0 aliphatic carbocycles. The van der Waals surface area contributed by atoms with Crippen molar-refractivity contribution >= 4 is 0 Å². The summed E-state index contributed by atoms with van der Waals surface area (Å²) in [4.78, 5) is 0. The summed E-state index contributed by atoms with van der Waals surface area (Å²) in [6, 6.07) is 0. The molecule has 27 N–H and O–H groups in total. The Kier molecular flexibility index (Phi) is 27.4. The fourth-order valence-corrected chi connectivity index (χ4v) is 13.3. The molecule has 23 aliphatic rings. The first kappa shape index (κ1) is 79.8. The van der Waals surface area contributed by atoms with Crippen LogP contribution in [0.2, 0.25) is 0 Å². The van der Waals surface area contributed by atoms with Crippen molar-refractivity contribution in [3.8, 4) is 0 Å². The van der Waals surface area contributed by atoms with Gasteiger partial charge in [0.15, 0.2) is 56.6 Å². The van der Waals surface area contributed by atoms with Crippen LogP contribution in [0.4, 0.5) is 0 Å². The molecule has 0 aromatic carbocycles. The molecule has 99 heavy (non-hydrogen) atoms. The molecule has 0 radical (unpaired) electrons. The molecule has 576 valence electrons. The molecule has 45 heteroatoms. The smallest absolute Gasteiger partial charge is 0.187 e. The monoisotopic (exact) mass is 1460 g/mol. The van der Waals surface area contributed by atoms with E-state index in [1.54, 1.807) is 0 Å². The normalized spacial score (nSPS) is 55.1. The molecule has 0 saturated carbocycles. The average molecular weight is 1460 g/mol. The second-order valence-corrected chi connectivity index (χ2v) is 25.3. The molecular formula is C54H90O45.